The highest BCUT2D eigenvalue weighted by molar-refractivity contribution is 5.72. The minimum Gasteiger partial charge on any atom is -0.320 e. The summed E-state index contributed by atoms with van der Waals surface area (Å²) in [5.74, 6) is -0.115. The lowest BCUT2D eigenvalue weighted by molar-refractivity contribution is 0.566. The number of imidazole rings is 1. The van der Waals surface area contributed by atoms with Crippen molar-refractivity contribution in [2.75, 3.05) is 0 Å². The van der Waals surface area contributed by atoms with Crippen LogP contribution in [0.4, 0.5) is 4.39 Å². The topological polar surface area (TPSA) is 61.8 Å². The monoisotopic (exact) mass is 390 g/mol. The Morgan fingerprint density at radius 1 is 1.03 bits per heavy atom. The van der Waals surface area contributed by atoms with Crippen LogP contribution in [-0.4, -0.2) is 18.7 Å². The number of halogens is 1. The smallest absolute Gasteiger partial charge is 0.320 e. The Hall–Kier alpha value is -3.48. The standard InChI is InChI=1S/C22H19FN4O2/c23-17-7-4-8-18(11-17)27-20-19(21(28)26(22(27)29)13-16-9-10-16)25(14-24-20)12-15-5-2-1-3-6-15/h1-8,11,14,16H,9-10,12-13H2. The van der Waals surface area contributed by atoms with Gasteiger partial charge in [-0.2, -0.15) is 0 Å². The largest absolute Gasteiger partial charge is 0.337 e. The summed E-state index contributed by atoms with van der Waals surface area (Å²) in [4.78, 5) is 30.8. The van der Waals surface area contributed by atoms with Crippen LogP contribution in [-0.2, 0) is 13.1 Å². The van der Waals surface area contributed by atoms with Gasteiger partial charge in [-0.3, -0.25) is 9.36 Å². The number of aromatic nitrogens is 4. The van der Waals surface area contributed by atoms with Crippen LogP contribution in [0.3, 0.4) is 0 Å². The van der Waals surface area contributed by atoms with Crippen molar-refractivity contribution >= 4 is 11.2 Å². The molecule has 4 aromatic rings. The Labute approximate surface area is 165 Å². The van der Waals surface area contributed by atoms with Crippen molar-refractivity contribution in [2.45, 2.75) is 25.9 Å². The Bertz CT molecular complexity index is 1320. The number of fused-ring (bicyclic) bond motifs is 1. The summed E-state index contributed by atoms with van der Waals surface area (Å²) in [7, 11) is 0. The molecule has 0 aliphatic heterocycles. The van der Waals surface area contributed by atoms with E-state index in [9.17, 15) is 14.0 Å². The zero-order valence-corrected chi connectivity index (χ0v) is 15.7. The normalized spacial score (nSPS) is 13.8. The van der Waals surface area contributed by atoms with E-state index in [-0.39, 0.29) is 11.2 Å². The molecule has 29 heavy (non-hydrogen) atoms. The summed E-state index contributed by atoms with van der Waals surface area (Å²) in [6.45, 7) is 0.830. The number of nitrogens with zero attached hydrogens (tertiary/aromatic N) is 4. The maximum atomic E-state index is 13.9. The van der Waals surface area contributed by atoms with E-state index in [4.69, 9.17) is 0 Å². The summed E-state index contributed by atoms with van der Waals surface area (Å²) in [5, 5.41) is 0. The van der Waals surface area contributed by atoms with Gasteiger partial charge >= 0.3 is 5.69 Å². The molecule has 0 saturated heterocycles. The molecule has 0 amide bonds. The van der Waals surface area contributed by atoms with Crippen LogP contribution in [0.5, 0.6) is 0 Å². The minimum atomic E-state index is -0.482. The molecule has 2 heterocycles. The van der Waals surface area contributed by atoms with Crippen LogP contribution < -0.4 is 11.2 Å². The highest BCUT2D eigenvalue weighted by Crippen LogP contribution is 2.30. The molecule has 1 aliphatic rings. The van der Waals surface area contributed by atoms with Gasteiger partial charge in [0, 0.05) is 13.1 Å². The van der Waals surface area contributed by atoms with Gasteiger partial charge in [-0.1, -0.05) is 36.4 Å². The summed E-state index contributed by atoms with van der Waals surface area (Å²) >= 11 is 0. The summed E-state index contributed by atoms with van der Waals surface area (Å²) in [6, 6.07) is 15.5. The number of benzene rings is 2. The van der Waals surface area contributed by atoms with Gasteiger partial charge in [-0.05, 0) is 42.5 Å². The van der Waals surface area contributed by atoms with Crippen molar-refractivity contribution in [2.24, 2.45) is 5.92 Å². The van der Waals surface area contributed by atoms with Crippen molar-refractivity contribution in [3.05, 3.63) is 93.1 Å². The molecule has 1 saturated carbocycles. The Morgan fingerprint density at radius 3 is 2.55 bits per heavy atom. The molecule has 0 bridgehead atoms. The first-order chi connectivity index (χ1) is 14.1. The number of rotatable bonds is 5. The van der Waals surface area contributed by atoms with Gasteiger partial charge in [0.05, 0.1) is 12.0 Å². The fraction of sp³-hybridized carbons (Fsp3) is 0.227. The van der Waals surface area contributed by atoms with Gasteiger partial charge in [-0.25, -0.2) is 18.7 Å². The first-order valence-corrected chi connectivity index (χ1v) is 9.62. The van der Waals surface area contributed by atoms with Crippen molar-refractivity contribution in [3.8, 4) is 5.69 Å². The molecule has 6 nitrogen and oxygen atoms in total. The zero-order valence-electron chi connectivity index (χ0n) is 15.7. The molecule has 146 valence electrons. The van der Waals surface area contributed by atoms with Gasteiger partial charge in [0.1, 0.15) is 5.82 Å². The van der Waals surface area contributed by atoms with Gasteiger partial charge in [0.2, 0.25) is 0 Å². The third-order valence-electron chi connectivity index (χ3n) is 5.30. The lowest BCUT2D eigenvalue weighted by atomic mass is 10.2. The summed E-state index contributed by atoms with van der Waals surface area (Å²) in [6.07, 6.45) is 3.58. The van der Waals surface area contributed by atoms with E-state index in [1.807, 2.05) is 30.3 Å². The Balaban J connectivity index is 1.77. The third kappa shape index (κ3) is 3.18. The predicted molar refractivity (Wildman–Crippen MR) is 108 cm³/mol. The third-order valence-corrected chi connectivity index (χ3v) is 5.30. The molecular formula is C22H19FN4O2. The molecule has 1 aliphatic carbocycles. The molecule has 0 unspecified atom stereocenters. The molecule has 5 rings (SSSR count). The average molecular weight is 390 g/mol. The number of hydrogen-bond acceptors (Lipinski definition) is 3. The quantitative estimate of drug-likeness (QED) is 0.526. The highest BCUT2D eigenvalue weighted by Gasteiger charge is 2.26. The van der Waals surface area contributed by atoms with Crippen molar-refractivity contribution in [3.63, 3.8) is 0 Å². The minimum absolute atomic E-state index is 0.244. The second-order valence-corrected chi connectivity index (χ2v) is 7.49. The van der Waals surface area contributed by atoms with E-state index in [0.717, 1.165) is 18.4 Å². The SMILES string of the molecule is O=c1c2c(ncn2Cc2ccccc2)n(-c2cccc(F)c2)c(=O)n1CC1CC1. The van der Waals surface area contributed by atoms with Crippen LogP contribution >= 0.6 is 0 Å². The van der Waals surface area contributed by atoms with Gasteiger partial charge in [0.25, 0.3) is 5.56 Å². The van der Waals surface area contributed by atoms with E-state index in [1.165, 1.54) is 21.3 Å². The molecule has 2 aromatic heterocycles. The van der Waals surface area contributed by atoms with Crippen LogP contribution in [0, 0.1) is 11.7 Å². The van der Waals surface area contributed by atoms with Crippen molar-refractivity contribution in [1.82, 2.24) is 18.7 Å². The molecule has 0 radical (unpaired) electrons. The van der Waals surface area contributed by atoms with Crippen LogP contribution in [0.1, 0.15) is 18.4 Å². The summed E-state index contributed by atoms with van der Waals surface area (Å²) in [5.41, 5.74) is 1.13. The molecule has 0 atom stereocenters. The molecule has 1 fully saturated rings. The Morgan fingerprint density at radius 2 is 1.83 bits per heavy atom. The maximum Gasteiger partial charge on any atom is 0.337 e. The first-order valence-electron chi connectivity index (χ1n) is 9.62. The fourth-order valence-electron chi connectivity index (χ4n) is 3.65. The molecule has 0 spiro atoms. The second-order valence-electron chi connectivity index (χ2n) is 7.49. The van der Waals surface area contributed by atoms with Crippen LogP contribution in [0.25, 0.3) is 16.9 Å². The lowest BCUT2D eigenvalue weighted by Crippen LogP contribution is -2.40. The van der Waals surface area contributed by atoms with Gasteiger partial charge < -0.3 is 4.57 Å². The van der Waals surface area contributed by atoms with E-state index in [1.54, 1.807) is 23.0 Å². The number of hydrogen-bond donors (Lipinski definition) is 0. The second kappa shape index (κ2) is 6.84. The zero-order chi connectivity index (χ0) is 20.0. The Kier molecular flexibility index (Phi) is 4.16. The van der Waals surface area contributed by atoms with Gasteiger partial charge in [0.15, 0.2) is 11.2 Å². The van der Waals surface area contributed by atoms with Crippen molar-refractivity contribution < 1.29 is 4.39 Å². The van der Waals surface area contributed by atoms with Gasteiger partial charge in [-0.15, -0.1) is 0 Å². The average Bonchev–Trinajstić information content (AvgIpc) is 3.45. The molecule has 0 N–H and O–H groups in total. The first kappa shape index (κ1) is 17.6. The fourth-order valence-corrected chi connectivity index (χ4v) is 3.65. The van der Waals surface area contributed by atoms with E-state index in [0.29, 0.717) is 30.2 Å². The summed E-state index contributed by atoms with van der Waals surface area (Å²) < 4.78 is 18.2. The predicted octanol–water partition coefficient (Wildman–Crippen LogP) is 2.95. The van der Waals surface area contributed by atoms with Crippen molar-refractivity contribution in [1.29, 1.82) is 0 Å². The lowest BCUT2D eigenvalue weighted by Gasteiger charge is -2.12. The molecule has 7 heteroatoms. The van der Waals surface area contributed by atoms with E-state index < -0.39 is 11.5 Å². The molecule has 2 aromatic carbocycles. The molecular weight excluding hydrogens is 371 g/mol. The highest BCUT2D eigenvalue weighted by atomic mass is 19.1. The van der Waals surface area contributed by atoms with E-state index >= 15 is 0 Å². The van der Waals surface area contributed by atoms with Crippen LogP contribution in [0.15, 0.2) is 70.5 Å². The maximum absolute atomic E-state index is 13.9. The van der Waals surface area contributed by atoms with E-state index in [2.05, 4.69) is 4.98 Å². The van der Waals surface area contributed by atoms with Crippen LogP contribution in [0.2, 0.25) is 0 Å².